The third-order valence-electron chi connectivity index (χ3n) is 6.71. The molecule has 1 aromatic heterocycles. The molecule has 5 rings (SSSR count). The van der Waals surface area contributed by atoms with E-state index < -0.39 is 11.6 Å². The number of carbonyl (C=O) groups is 3. The molecule has 0 N–H and O–H groups in total. The van der Waals surface area contributed by atoms with E-state index in [2.05, 4.69) is 4.98 Å². The number of carbonyl (C=O) groups excluding carboxylic acids is 3. The second kappa shape index (κ2) is 8.94. The van der Waals surface area contributed by atoms with Gasteiger partial charge < -0.3 is 14.4 Å². The molecule has 0 saturated carbocycles. The van der Waals surface area contributed by atoms with Gasteiger partial charge in [-0.05, 0) is 30.7 Å². The molecule has 0 spiro atoms. The largest absolute Gasteiger partial charge is 0.456 e. The Labute approximate surface area is 207 Å². The van der Waals surface area contributed by atoms with Crippen LogP contribution in [0.4, 0.5) is 5.69 Å². The number of amides is 2. The maximum Gasteiger partial charge on any atom is 0.354 e. The molecule has 2 aliphatic rings. The van der Waals surface area contributed by atoms with Crippen LogP contribution < -0.4 is 4.90 Å². The van der Waals surface area contributed by atoms with Gasteiger partial charge in [-0.2, -0.15) is 0 Å². The molecule has 1 atom stereocenters. The molecule has 2 aromatic carbocycles. The van der Waals surface area contributed by atoms with E-state index in [1.54, 1.807) is 24.3 Å². The molecule has 35 heavy (non-hydrogen) atoms. The Bertz CT molecular complexity index is 1360. The number of fused-ring (bicyclic) bond motifs is 4. The lowest BCUT2D eigenvalue weighted by Crippen LogP contribution is -2.68. The summed E-state index contributed by atoms with van der Waals surface area (Å²) in [6.07, 6.45) is 0.223. The van der Waals surface area contributed by atoms with Crippen LogP contribution in [0.1, 0.15) is 34.5 Å². The van der Waals surface area contributed by atoms with Crippen LogP contribution in [0.25, 0.3) is 10.9 Å². The second-order valence-corrected chi connectivity index (χ2v) is 8.98. The third kappa shape index (κ3) is 3.56. The Morgan fingerprint density at radius 1 is 1.14 bits per heavy atom. The SMILES string of the molecule is COCCN1C(=O)c2ccccc2N2C(=O)CC[C@@]12C(=O)OCc1nc2ccccc2c(C)c1Cl. The van der Waals surface area contributed by atoms with Gasteiger partial charge in [0.1, 0.15) is 6.61 Å². The average molecular weight is 494 g/mol. The number of aryl methyl sites for hydroxylation is 1. The fourth-order valence-electron chi connectivity index (χ4n) is 5.00. The molecule has 1 fully saturated rings. The summed E-state index contributed by atoms with van der Waals surface area (Å²) in [6, 6.07) is 14.4. The van der Waals surface area contributed by atoms with Crippen LogP contribution >= 0.6 is 11.6 Å². The number of hydrogen-bond donors (Lipinski definition) is 0. The van der Waals surface area contributed by atoms with E-state index in [0.717, 1.165) is 16.5 Å². The summed E-state index contributed by atoms with van der Waals surface area (Å²) in [5, 5.41) is 1.33. The number of benzene rings is 2. The Morgan fingerprint density at radius 2 is 1.89 bits per heavy atom. The summed E-state index contributed by atoms with van der Waals surface area (Å²) in [7, 11) is 1.51. The van der Waals surface area contributed by atoms with Crippen LogP contribution in [-0.4, -0.2) is 53.6 Å². The summed E-state index contributed by atoms with van der Waals surface area (Å²) >= 11 is 6.56. The van der Waals surface area contributed by atoms with Crippen LogP contribution in [-0.2, 0) is 25.7 Å². The zero-order chi connectivity index (χ0) is 24.7. The monoisotopic (exact) mass is 493 g/mol. The van der Waals surface area contributed by atoms with Crippen molar-refractivity contribution < 1.29 is 23.9 Å². The molecule has 1 saturated heterocycles. The average Bonchev–Trinajstić information content (AvgIpc) is 3.23. The molecule has 180 valence electrons. The van der Waals surface area contributed by atoms with Crippen molar-refractivity contribution in [3.8, 4) is 0 Å². The first kappa shape index (κ1) is 23.3. The van der Waals surface area contributed by atoms with Gasteiger partial charge in [-0.25, -0.2) is 9.78 Å². The van der Waals surface area contributed by atoms with Crippen molar-refractivity contribution >= 4 is 46.0 Å². The quantitative estimate of drug-likeness (QED) is 0.484. The van der Waals surface area contributed by atoms with E-state index >= 15 is 0 Å². The minimum Gasteiger partial charge on any atom is -0.456 e. The summed E-state index contributed by atoms with van der Waals surface area (Å²) in [4.78, 5) is 47.7. The predicted octanol–water partition coefficient (Wildman–Crippen LogP) is 3.87. The minimum absolute atomic E-state index is 0.105. The lowest BCUT2D eigenvalue weighted by molar-refractivity contribution is -0.159. The number of halogens is 1. The van der Waals surface area contributed by atoms with E-state index in [1.165, 1.54) is 16.9 Å². The normalized spacial score (nSPS) is 19.2. The van der Waals surface area contributed by atoms with Crippen molar-refractivity contribution in [2.75, 3.05) is 25.2 Å². The van der Waals surface area contributed by atoms with E-state index in [0.29, 0.717) is 22.0 Å². The van der Waals surface area contributed by atoms with E-state index in [1.807, 2.05) is 31.2 Å². The molecule has 3 aromatic rings. The molecule has 3 heterocycles. The number of rotatable bonds is 6. The van der Waals surface area contributed by atoms with Gasteiger partial charge in [-0.3, -0.25) is 14.5 Å². The fourth-order valence-corrected chi connectivity index (χ4v) is 5.20. The number of para-hydroxylation sites is 2. The van der Waals surface area contributed by atoms with Crippen LogP contribution in [0.15, 0.2) is 48.5 Å². The van der Waals surface area contributed by atoms with Crippen molar-refractivity contribution in [3.05, 3.63) is 70.4 Å². The molecule has 2 amide bonds. The topological polar surface area (TPSA) is 89.0 Å². The van der Waals surface area contributed by atoms with Gasteiger partial charge in [-0.1, -0.05) is 41.9 Å². The zero-order valence-electron chi connectivity index (χ0n) is 19.4. The fraction of sp³-hybridized carbons (Fsp3) is 0.308. The summed E-state index contributed by atoms with van der Waals surface area (Å²) < 4.78 is 11.0. The Hall–Kier alpha value is -3.49. The van der Waals surface area contributed by atoms with Crippen molar-refractivity contribution in [1.82, 2.24) is 9.88 Å². The van der Waals surface area contributed by atoms with Crippen molar-refractivity contribution in [3.63, 3.8) is 0 Å². The molecular formula is C26H24ClN3O5. The highest BCUT2D eigenvalue weighted by molar-refractivity contribution is 6.32. The molecule has 0 bridgehead atoms. The molecular weight excluding hydrogens is 470 g/mol. The van der Waals surface area contributed by atoms with Crippen LogP contribution in [0.3, 0.4) is 0 Å². The Morgan fingerprint density at radius 3 is 2.69 bits per heavy atom. The predicted molar refractivity (Wildman–Crippen MR) is 130 cm³/mol. The molecule has 0 unspecified atom stereocenters. The number of nitrogens with zero attached hydrogens (tertiary/aromatic N) is 3. The van der Waals surface area contributed by atoms with Gasteiger partial charge in [-0.15, -0.1) is 0 Å². The number of pyridine rings is 1. The number of hydrogen-bond acceptors (Lipinski definition) is 6. The van der Waals surface area contributed by atoms with Gasteiger partial charge in [0.2, 0.25) is 11.6 Å². The number of esters is 1. The summed E-state index contributed by atoms with van der Waals surface area (Å²) in [6.45, 7) is 2.01. The summed E-state index contributed by atoms with van der Waals surface area (Å²) in [5.74, 6) is -1.30. The number of methoxy groups -OCH3 is 1. The van der Waals surface area contributed by atoms with E-state index in [9.17, 15) is 14.4 Å². The molecule has 8 nitrogen and oxygen atoms in total. The number of aromatic nitrogens is 1. The lowest BCUT2D eigenvalue weighted by Gasteiger charge is -2.48. The highest BCUT2D eigenvalue weighted by Crippen LogP contribution is 2.45. The van der Waals surface area contributed by atoms with Gasteiger partial charge in [0.25, 0.3) is 5.91 Å². The Kier molecular flexibility index (Phi) is 5.94. The molecule has 9 heteroatoms. The number of anilines is 1. The van der Waals surface area contributed by atoms with Gasteiger partial charge in [0, 0.05) is 31.9 Å². The van der Waals surface area contributed by atoms with Crippen molar-refractivity contribution in [2.45, 2.75) is 32.0 Å². The van der Waals surface area contributed by atoms with Gasteiger partial charge in [0.05, 0.1) is 34.1 Å². The molecule has 2 aliphatic heterocycles. The standard InChI is InChI=1S/C26H24ClN3O5/c1-16-17-7-3-5-9-19(17)28-20(23(16)27)15-35-25(33)26-12-11-22(31)30(26)21-10-6-4-8-18(21)24(32)29(26)13-14-34-2/h3-10H,11-15H2,1-2H3/t26-/m1/s1. The molecule has 0 aliphatic carbocycles. The first-order valence-corrected chi connectivity index (χ1v) is 11.7. The maximum atomic E-state index is 13.8. The van der Waals surface area contributed by atoms with Crippen LogP contribution in [0.2, 0.25) is 5.02 Å². The van der Waals surface area contributed by atoms with E-state index in [4.69, 9.17) is 21.1 Å². The highest BCUT2D eigenvalue weighted by Gasteiger charge is 2.61. The zero-order valence-corrected chi connectivity index (χ0v) is 20.2. The lowest BCUT2D eigenvalue weighted by atomic mass is 9.96. The summed E-state index contributed by atoms with van der Waals surface area (Å²) in [5.41, 5.74) is 1.15. The van der Waals surface area contributed by atoms with Gasteiger partial charge in [0.15, 0.2) is 0 Å². The van der Waals surface area contributed by atoms with Crippen LogP contribution in [0.5, 0.6) is 0 Å². The number of ether oxygens (including phenoxy) is 2. The Balaban J connectivity index is 1.53. The van der Waals surface area contributed by atoms with E-state index in [-0.39, 0.29) is 44.4 Å². The second-order valence-electron chi connectivity index (χ2n) is 8.60. The first-order valence-electron chi connectivity index (χ1n) is 11.3. The van der Waals surface area contributed by atoms with Crippen molar-refractivity contribution in [1.29, 1.82) is 0 Å². The smallest absolute Gasteiger partial charge is 0.354 e. The van der Waals surface area contributed by atoms with Gasteiger partial charge >= 0.3 is 5.97 Å². The third-order valence-corrected chi connectivity index (χ3v) is 7.21. The maximum absolute atomic E-state index is 13.8. The highest BCUT2D eigenvalue weighted by atomic mass is 35.5. The van der Waals surface area contributed by atoms with Crippen molar-refractivity contribution in [2.24, 2.45) is 0 Å². The van der Waals surface area contributed by atoms with Crippen LogP contribution in [0, 0.1) is 6.92 Å². The first-order chi connectivity index (χ1) is 16.9. The molecule has 0 radical (unpaired) electrons. The minimum atomic E-state index is -1.60.